The van der Waals surface area contributed by atoms with Gasteiger partial charge in [-0.15, -0.1) is 0 Å². The van der Waals surface area contributed by atoms with Crippen LogP contribution in [0.4, 0.5) is 4.79 Å². The van der Waals surface area contributed by atoms with E-state index in [1.54, 1.807) is 12.3 Å². The number of hydrogen-bond acceptors (Lipinski definition) is 5. The van der Waals surface area contributed by atoms with Crippen LogP contribution in [-0.2, 0) is 11.3 Å². The van der Waals surface area contributed by atoms with Crippen LogP contribution >= 0.6 is 0 Å². The van der Waals surface area contributed by atoms with E-state index >= 15 is 0 Å². The number of amides is 1. The topological polar surface area (TPSA) is 83.0 Å². The molecule has 2 rings (SSSR count). The normalized spacial score (nSPS) is 15.9. The highest BCUT2D eigenvalue weighted by Crippen LogP contribution is 2.10. The summed E-state index contributed by atoms with van der Waals surface area (Å²) in [6, 6.07) is 1.75. The van der Waals surface area contributed by atoms with E-state index in [0.29, 0.717) is 38.3 Å². The summed E-state index contributed by atoms with van der Waals surface area (Å²) in [6.07, 6.45) is 2.30. The zero-order chi connectivity index (χ0) is 14.5. The van der Waals surface area contributed by atoms with Gasteiger partial charge >= 0.3 is 12.1 Å². The van der Waals surface area contributed by atoms with Crippen molar-refractivity contribution in [2.75, 3.05) is 33.3 Å². The summed E-state index contributed by atoms with van der Waals surface area (Å²) in [4.78, 5) is 29.8. The van der Waals surface area contributed by atoms with E-state index in [-0.39, 0.29) is 0 Å². The van der Waals surface area contributed by atoms with Crippen molar-refractivity contribution in [1.82, 2.24) is 14.8 Å². The summed E-state index contributed by atoms with van der Waals surface area (Å²) in [5.41, 5.74) is 1.34. The maximum absolute atomic E-state index is 11.4. The van der Waals surface area contributed by atoms with E-state index in [0.717, 1.165) is 5.56 Å². The van der Waals surface area contributed by atoms with Crippen molar-refractivity contribution in [3.05, 3.63) is 29.6 Å². The molecule has 1 saturated heterocycles. The lowest BCUT2D eigenvalue weighted by Crippen LogP contribution is -2.47. The Morgan fingerprint density at radius 1 is 1.30 bits per heavy atom. The van der Waals surface area contributed by atoms with Crippen LogP contribution in [-0.4, -0.2) is 65.2 Å². The molecular weight excluding hydrogens is 262 g/mol. The molecule has 0 unspecified atom stereocenters. The second-order valence-electron chi connectivity index (χ2n) is 4.62. The SMILES string of the molecule is COC(=O)c1cncc(CN2CCN(C(=O)O)CC2)c1. The second kappa shape index (κ2) is 6.33. The molecule has 108 valence electrons. The monoisotopic (exact) mass is 279 g/mol. The molecule has 1 aliphatic heterocycles. The third-order valence-corrected chi connectivity index (χ3v) is 3.26. The van der Waals surface area contributed by atoms with Gasteiger partial charge in [0.25, 0.3) is 0 Å². The number of hydrogen-bond donors (Lipinski definition) is 1. The highest BCUT2D eigenvalue weighted by molar-refractivity contribution is 5.89. The van der Waals surface area contributed by atoms with E-state index in [2.05, 4.69) is 14.6 Å². The van der Waals surface area contributed by atoms with Crippen molar-refractivity contribution in [3.63, 3.8) is 0 Å². The lowest BCUT2D eigenvalue weighted by atomic mass is 10.2. The van der Waals surface area contributed by atoms with Gasteiger partial charge < -0.3 is 14.7 Å². The molecule has 7 heteroatoms. The van der Waals surface area contributed by atoms with Gasteiger partial charge in [-0.1, -0.05) is 0 Å². The van der Waals surface area contributed by atoms with Gasteiger partial charge in [0, 0.05) is 45.1 Å². The van der Waals surface area contributed by atoms with Gasteiger partial charge in [0.05, 0.1) is 12.7 Å². The quantitative estimate of drug-likeness (QED) is 0.819. The molecule has 1 aromatic rings. The minimum absolute atomic E-state index is 0.407. The molecule has 0 spiro atoms. The number of pyridine rings is 1. The summed E-state index contributed by atoms with van der Waals surface area (Å²) < 4.78 is 4.66. The maximum atomic E-state index is 11.4. The first-order valence-electron chi connectivity index (χ1n) is 6.32. The third kappa shape index (κ3) is 3.45. The number of nitrogens with zero attached hydrogens (tertiary/aromatic N) is 3. The number of aromatic nitrogens is 1. The van der Waals surface area contributed by atoms with Crippen LogP contribution in [0.15, 0.2) is 18.5 Å². The van der Waals surface area contributed by atoms with Gasteiger partial charge in [0.1, 0.15) is 0 Å². The van der Waals surface area contributed by atoms with Crippen LogP contribution in [0.3, 0.4) is 0 Å². The summed E-state index contributed by atoms with van der Waals surface area (Å²) >= 11 is 0. The standard InChI is InChI=1S/C13H17N3O4/c1-20-12(17)11-6-10(7-14-8-11)9-15-2-4-16(5-3-15)13(18)19/h6-8H,2-5,9H2,1H3,(H,18,19). The number of ether oxygens (including phenoxy) is 1. The number of carbonyl (C=O) groups is 2. The predicted molar refractivity (Wildman–Crippen MR) is 70.5 cm³/mol. The van der Waals surface area contributed by atoms with E-state index < -0.39 is 12.1 Å². The Hall–Kier alpha value is -2.15. The Morgan fingerprint density at radius 2 is 2.00 bits per heavy atom. The molecule has 0 saturated carbocycles. The van der Waals surface area contributed by atoms with Crippen molar-refractivity contribution in [2.24, 2.45) is 0 Å². The zero-order valence-electron chi connectivity index (χ0n) is 11.3. The van der Waals surface area contributed by atoms with Crippen molar-refractivity contribution in [1.29, 1.82) is 0 Å². The first kappa shape index (κ1) is 14.3. The van der Waals surface area contributed by atoms with E-state index in [1.807, 2.05) is 0 Å². The highest BCUT2D eigenvalue weighted by atomic mass is 16.5. The van der Waals surface area contributed by atoms with Gasteiger partial charge in [-0.05, 0) is 11.6 Å². The van der Waals surface area contributed by atoms with Crippen LogP contribution in [0.5, 0.6) is 0 Å². The second-order valence-corrected chi connectivity index (χ2v) is 4.62. The molecular formula is C13H17N3O4. The minimum Gasteiger partial charge on any atom is -0.465 e. The van der Waals surface area contributed by atoms with Crippen molar-refractivity contribution in [3.8, 4) is 0 Å². The Labute approximate surface area is 116 Å². The summed E-state index contributed by atoms with van der Waals surface area (Å²) in [5, 5.41) is 8.88. The first-order chi connectivity index (χ1) is 9.60. The number of carboxylic acid groups (broad SMARTS) is 1. The first-order valence-corrected chi connectivity index (χ1v) is 6.32. The number of esters is 1. The average Bonchev–Trinajstić information content (AvgIpc) is 2.47. The van der Waals surface area contributed by atoms with E-state index in [4.69, 9.17) is 5.11 Å². The number of piperazine rings is 1. The Balaban J connectivity index is 1.94. The molecule has 1 aromatic heterocycles. The summed E-state index contributed by atoms with van der Waals surface area (Å²) in [5.74, 6) is -0.407. The fraction of sp³-hybridized carbons (Fsp3) is 0.462. The molecule has 20 heavy (non-hydrogen) atoms. The van der Waals surface area contributed by atoms with Crippen molar-refractivity contribution >= 4 is 12.1 Å². The number of carbonyl (C=O) groups excluding carboxylic acids is 1. The molecule has 0 aromatic carbocycles. The lowest BCUT2D eigenvalue weighted by Gasteiger charge is -2.33. The minimum atomic E-state index is -0.876. The Kier molecular flexibility index (Phi) is 4.52. The predicted octanol–water partition coefficient (Wildman–Crippen LogP) is 0.664. The molecule has 0 aliphatic carbocycles. The van der Waals surface area contributed by atoms with Crippen molar-refractivity contribution < 1.29 is 19.4 Å². The van der Waals surface area contributed by atoms with Gasteiger partial charge in [-0.25, -0.2) is 9.59 Å². The third-order valence-electron chi connectivity index (χ3n) is 3.26. The van der Waals surface area contributed by atoms with Gasteiger partial charge in [0.2, 0.25) is 0 Å². The van der Waals surface area contributed by atoms with Gasteiger partial charge in [0.15, 0.2) is 0 Å². The maximum Gasteiger partial charge on any atom is 0.407 e. The average molecular weight is 279 g/mol. The van der Waals surface area contributed by atoms with Gasteiger partial charge in [-0.2, -0.15) is 0 Å². The Morgan fingerprint density at radius 3 is 2.60 bits per heavy atom. The summed E-state index contributed by atoms with van der Waals surface area (Å²) in [6.45, 7) is 2.99. The zero-order valence-corrected chi connectivity index (χ0v) is 11.3. The smallest absolute Gasteiger partial charge is 0.407 e. The number of methoxy groups -OCH3 is 1. The fourth-order valence-corrected chi connectivity index (χ4v) is 2.16. The van der Waals surface area contributed by atoms with Crippen LogP contribution in [0.1, 0.15) is 15.9 Å². The van der Waals surface area contributed by atoms with Crippen molar-refractivity contribution in [2.45, 2.75) is 6.54 Å². The molecule has 1 N–H and O–H groups in total. The molecule has 1 aliphatic rings. The summed E-state index contributed by atoms with van der Waals surface area (Å²) in [7, 11) is 1.33. The van der Waals surface area contributed by atoms with Crippen LogP contribution in [0, 0.1) is 0 Å². The van der Waals surface area contributed by atoms with Crippen LogP contribution < -0.4 is 0 Å². The Bertz CT molecular complexity index is 498. The fourth-order valence-electron chi connectivity index (χ4n) is 2.16. The molecule has 0 atom stereocenters. The number of rotatable bonds is 3. The molecule has 7 nitrogen and oxygen atoms in total. The largest absolute Gasteiger partial charge is 0.465 e. The van der Waals surface area contributed by atoms with Crippen LogP contribution in [0.25, 0.3) is 0 Å². The van der Waals surface area contributed by atoms with E-state index in [9.17, 15) is 9.59 Å². The molecule has 1 fully saturated rings. The molecule has 2 heterocycles. The van der Waals surface area contributed by atoms with Crippen LogP contribution in [0.2, 0.25) is 0 Å². The molecule has 0 radical (unpaired) electrons. The highest BCUT2D eigenvalue weighted by Gasteiger charge is 2.20. The van der Waals surface area contributed by atoms with Gasteiger partial charge in [-0.3, -0.25) is 9.88 Å². The molecule has 1 amide bonds. The lowest BCUT2D eigenvalue weighted by molar-refractivity contribution is 0.0599. The van der Waals surface area contributed by atoms with E-state index in [1.165, 1.54) is 18.2 Å². The molecule has 0 bridgehead atoms.